The van der Waals surface area contributed by atoms with Gasteiger partial charge in [0.05, 0.1) is 18.2 Å². The summed E-state index contributed by atoms with van der Waals surface area (Å²) in [6.45, 7) is 1.82. The van der Waals surface area contributed by atoms with Gasteiger partial charge in [0.1, 0.15) is 0 Å². The highest BCUT2D eigenvalue weighted by atomic mass is 16.5. The van der Waals surface area contributed by atoms with Crippen LogP contribution in [0, 0.1) is 5.92 Å². The summed E-state index contributed by atoms with van der Waals surface area (Å²) in [5, 5.41) is 2.93. The van der Waals surface area contributed by atoms with E-state index in [9.17, 15) is 14.4 Å². The minimum absolute atomic E-state index is 0.157. The molecule has 1 fully saturated rings. The number of amides is 1. The molecule has 0 heterocycles. The fourth-order valence-electron chi connectivity index (χ4n) is 2.85. The molecule has 0 aliphatic heterocycles. The first-order valence-corrected chi connectivity index (χ1v) is 8.16. The lowest BCUT2D eigenvalue weighted by Crippen LogP contribution is -2.42. The molecular weight excluding hydrogens is 310 g/mol. The predicted octanol–water partition coefficient (Wildman–Crippen LogP) is 2.32. The second-order valence-electron chi connectivity index (χ2n) is 6.08. The Morgan fingerprint density at radius 1 is 1.04 bits per heavy atom. The molecule has 0 bridgehead atoms. The van der Waals surface area contributed by atoms with E-state index in [-0.39, 0.29) is 24.1 Å². The highest BCUT2D eigenvalue weighted by Gasteiger charge is 2.23. The SMILES string of the molecule is COC(=O)c1ccc(C(=O)OCC(=O)NC2CCCCC2C)cc1. The average Bonchev–Trinajstić information content (AvgIpc) is 2.61. The minimum atomic E-state index is -0.599. The van der Waals surface area contributed by atoms with Crippen LogP contribution < -0.4 is 5.32 Å². The van der Waals surface area contributed by atoms with E-state index in [4.69, 9.17) is 4.74 Å². The maximum absolute atomic E-state index is 11.9. The van der Waals surface area contributed by atoms with Gasteiger partial charge in [-0.2, -0.15) is 0 Å². The highest BCUT2D eigenvalue weighted by Crippen LogP contribution is 2.23. The van der Waals surface area contributed by atoms with E-state index < -0.39 is 11.9 Å². The van der Waals surface area contributed by atoms with Crippen LogP contribution in [0.15, 0.2) is 24.3 Å². The van der Waals surface area contributed by atoms with Crippen molar-refractivity contribution in [3.05, 3.63) is 35.4 Å². The molecule has 2 atom stereocenters. The van der Waals surface area contributed by atoms with E-state index >= 15 is 0 Å². The van der Waals surface area contributed by atoms with E-state index in [2.05, 4.69) is 17.0 Å². The summed E-state index contributed by atoms with van der Waals surface area (Å²) in [7, 11) is 1.29. The Hall–Kier alpha value is -2.37. The highest BCUT2D eigenvalue weighted by molar-refractivity contribution is 5.94. The number of ether oxygens (including phenoxy) is 2. The first kappa shape index (κ1) is 18.0. The van der Waals surface area contributed by atoms with Crippen molar-refractivity contribution in [1.29, 1.82) is 0 Å². The molecule has 2 rings (SSSR count). The minimum Gasteiger partial charge on any atom is -0.465 e. The van der Waals surface area contributed by atoms with Crippen LogP contribution in [0.3, 0.4) is 0 Å². The van der Waals surface area contributed by atoms with Crippen LogP contribution >= 0.6 is 0 Å². The lowest BCUT2D eigenvalue weighted by molar-refractivity contribution is -0.125. The third-order valence-corrected chi connectivity index (χ3v) is 4.33. The van der Waals surface area contributed by atoms with Crippen molar-refractivity contribution in [2.75, 3.05) is 13.7 Å². The summed E-state index contributed by atoms with van der Waals surface area (Å²) in [5.41, 5.74) is 0.625. The predicted molar refractivity (Wildman–Crippen MR) is 87.6 cm³/mol. The second-order valence-corrected chi connectivity index (χ2v) is 6.08. The molecule has 1 saturated carbocycles. The van der Waals surface area contributed by atoms with Gasteiger partial charge in [-0.1, -0.05) is 19.8 Å². The summed E-state index contributed by atoms with van der Waals surface area (Å²) >= 11 is 0. The maximum Gasteiger partial charge on any atom is 0.338 e. The number of esters is 2. The molecule has 24 heavy (non-hydrogen) atoms. The Morgan fingerprint density at radius 2 is 1.62 bits per heavy atom. The van der Waals surface area contributed by atoms with Crippen molar-refractivity contribution in [1.82, 2.24) is 5.32 Å². The van der Waals surface area contributed by atoms with E-state index in [1.807, 2.05) is 0 Å². The third-order valence-electron chi connectivity index (χ3n) is 4.33. The first-order valence-electron chi connectivity index (χ1n) is 8.16. The summed E-state index contributed by atoms with van der Waals surface area (Å²) in [4.78, 5) is 35.2. The molecule has 0 saturated heterocycles. The van der Waals surface area contributed by atoms with Crippen LogP contribution in [0.5, 0.6) is 0 Å². The molecule has 1 aromatic carbocycles. The fourth-order valence-corrected chi connectivity index (χ4v) is 2.85. The summed E-state index contributed by atoms with van der Waals surface area (Å²) in [5.74, 6) is -0.910. The van der Waals surface area contributed by atoms with Gasteiger partial charge in [0.25, 0.3) is 5.91 Å². The molecule has 0 radical (unpaired) electrons. The Balaban J connectivity index is 1.81. The number of carbonyl (C=O) groups is 3. The van der Waals surface area contributed by atoms with E-state index in [0.29, 0.717) is 11.5 Å². The van der Waals surface area contributed by atoms with E-state index in [0.717, 1.165) is 19.3 Å². The van der Waals surface area contributed by atoms with E-state index in [1.165, 1.54) is 37.8 Å². The Labute approximate surface area is 141 Å². The molecule has 1 aliphatic rings. The molecule has 0 spiro atoms. The molecule has 1 amide bonds. The van der Waals surface area contributed by atoms with Crippen molar-refractivity contribution in [3.8, 4) is 0 Å². The Kier molecular flexibility index (Phi) is 6.35. The lowest BCUT2D eigenvalue weighted by Gasteiger charge is -2.29. The average molecular weight is 333 g/mol. The number of nitrogens with one attached hydrogen (secondary N) is 1. The van der Waals surface area contributed by atoms with Gasteiger partial charge in [0.15, 0.2) is 6.61 Å². The first-order chi connectivity index (χ1) is 11.5. The van der Waals surface area contributed by atoms with Crippen LogP contribution in [0.1, 0.15) is 53.3 Å². The van der Waals surface area contributed by atoms with Crippen LogP contribution in [-0.2, 0) is 14.3 Å². The number of hydrogen-bond donors (Lipinski definition) is 1. The van der Waals surface area contributed by atoms with Gasteiger partial charge < -0.3 is 14.8 Å². The molecule has 6 heteroatoms. The molecular formula is C18H23NO5. The monoisotopic (exact) mass is 333 g/mol. The number of rotatable bonds is 5. The number of benzene rings is 1. The standard InChI is InChI=1S/C18H23NO5/c1-12-5-3-4-6-15(12)19-16(20)11-24-18(22)14-9-7-13(8-10-14)17(21)23-2/h7-10,12,15H,3-6,11H2,1-2H3,(H,19,20). The van der Waals surface area contributed by atoms with Crippen molar-refractivity contribution in [2.24, 2.45) is 5.92 Å². The fraction of sp³-hybridized carbons (Fsp3) is 0.500. The van der Waals surface area contributed by atoms with Crippen LogP contribution in [0.2, 0.25) is 0 Å². The molecule has 130 valence electrons. The van der Waals surface area contributed by atoms with Gasteiger partial charge in [-0.3, -0.25) is 4.79 Å². The van der Waals surface area contributed by atoms with Gasteiger partial charge in [-0.15, -0.1) is 0 Å². The van der Waals surface area contributed by atoms with Gasteiger partial charge in [-0.25, -0.2) is 9.59 Å². The van der Waals surface area contributed by atoms with Crippen LogP contribution in [0.25, 0.3) is 0 Å². The van der Waals surface area contributed by atoms with Crippen molar-refractivity contribution < 1.29 is 23.9 Å². The lowest BCUT2D eigenvalue weighted by atomic mass is 9.86. The van der Waals surface area contributed by atoms with Crippen molar-refractivity contribution in [2.45, 2.75) is 38.6 Å². The Morgan fingerprint density at radius 3 is 2.21 bits per heavy atom. The smallest absolute Gasteiger partial charge is 0.338 e. The zero-order chi connectivity index (χ0) is 17.5. The third kappa shape index (κ3) is 4.81. The van der Waals surface area contributed by atoms with Gasteiger partial charge in [0.2, 0.25) is 0 Å². The summed E-state index contributed by atoms with van der Waals surface area (Å²) in [6.07, 6.45) is 4.39. The zero-order valence-corrected chi connectivity index (χ0v) is 14.0. The van der Waals surface area contributed by atoms with Gasteiger partial charge in [-0.05, 0) is 43.0 Å². The molecule has 1 aliphatic carbocycles. The number of hydrogen-bond acceptors (Lipinski definition) is 5. The topological polar surface area (TPSA) is 81.7 Å². The quantitative estimate of drug-likeness (QED) is 0.836. The maximum atomic E-state index is 11.9. The summed E-state index contributed by atoms with van der Waals surface area (Å²) < 4.78 is 9.61. The van der Waals surface area contributed by atoms with Gasteiger partial charge in [0, 0.05) is 6.04 Å². The largest absolute Gasteiger partial charge is 0.465 e. The molecule has 0 aromatic heterocycles. The molecule has 1 aromatic rings. The second kappa shape index (κ2) is 8.47. The normalized spacial score (nSPS) is 20.1. The molecule has 2 unspecified atom stereocenters. The number of carbonyl (C=O) groups excluding carboxylic acids is 3. The van der Waals surface area contributed by atoms with Gasteiger partial charge >= 0.3 is 11.9 Å². The molecule has 1 N–H and O–H groups in total. The molecule has 6 nitrogen and oxygen atoms in total. The summed E-state index contributed by atoms with van der Waals surface area (Å²) in [6, 6.07) is 6.05. The van der Waals surface area contributed by atoms with Crippen molar-refractivity contribution in [3.63, 3.8) is 0 Å². The van der Waals surface area contributed by atoms with E-state index in [1.54, 1.807) is 0 Å². The number of methoxy groups -OCH3 is 1. The zero-order valence-electron chi connectivity index (χ0n) is 14.0. The van der Waals surface area contributed by atoms with Crippen molar-refractivity contribution >= 4 is 17.8 Å². The van der Waals surface area contributed by atoms with Crippen LogP contribution in [-0.4, -0.2) is 37.6 Å². The Bertz CT molecular complexity index is 596. The van der Waals surface area contributed by atoms with Crippen LogP contribution in [0.4, 0.5) is 0 Å².